The van der Waals surface area contributed by atoms with E-state index < -0.39 is 17.4 Å². The normalized spacial score (nSPS) is 12.7. The van der Waals surface area contributed by atoms with E-state index >= 15 is 0 Å². The highest BCUT2D eigenvalue weighted by Crippen LogP contribution is 2.31. The van der Waals surface area contributed by atoms with Gasteiger partial charge in [0.1, 0.15) is 0 Å². The van der Waals surface area contributed by atoms with Crippen LogP contribution in [0.2, 0.25) is 0 Å². The zero-order chi connectivity index (χ0) is 10.8. The lowest BCUT2D eigenvalue weighted by Gasteiger charge is -2.27. The number of carboxylic acid groups (broad SMARTS) is 1. The van der Waals surface area contributed by atoms with Crippen LogP contribution in [0.1, 0.15) is 25.5 Å². The first-order chi connectivity index (χ1) is 6.46. The maximum atomic E-state index is 11.0. The molecule has 0 aliphatic rings. The van der Waals surface area contributed by atoms with Gasteiger partial charge in [-0.3, -0.25) is 4.79 Å². The summed E-state index contributed by atoms with van der Waals surface area (Å²) >= 11 is 0. The summed E-state index contributed by atoms with van der Waals surface area (Å²) in [4.78, 5) is 11.0. The minimum Gasteiger partial charge on any atom is -0.481 e. The molecule has 0 aliphatic heterocycles. The van der Waals surface area contributed by atoms with Crippen LogP contribution in [0.5, 0.6) is 0 Å². The third-order valence-corrected chi connectivity index (χ3v) is 2.49. The molecule has 84 valence electrons. The lowest BCUT2D eigenvalue weighted by Crippen LogP contribution is -2.36. The number of rotatable bonds is 3. The second-order valence-corrected chi connectivity index (χ2v) is 3.92. The van der Waals surface area contributed by atoms with Crippen LogP contribution in [0.4, 0.5) is 0 Å². The molecular formula is C11H16ClNO2. The van der Waals surface area contributed by atoms with E-state index in [0.717, 1.165) is 5.56 Å². The van der Waals surface area contributed by atoms with Crippen LogP contribution < -0.4 is 5.73 Å². The summed E-state index contributed by atoms with van der Waals surface area (Å²) in [6.45, 7) is 3.26. The molecule has 0 aromatic heterocycles. The summed E-state index contributed by atoms with van der Waals surface area (Å²) in [6.07, 6.45) is 0. The van der Waals surface area contributed by atoms with Crippen molar-refractivity contribution in [1.82, 2.24) is 0 Å². The van der Waals surface area contributed by atoms with Gasteiger partial charge in [-0.05, 0) is 19.4 Å². The van der Waals surface area contributed by atoms with Crippen molar-refractivity contribution in [2.75, 3.05) is 0 Å². The van der Waals surface area contributed by atoms with Crippen LogP contribution >= 0.6 is 12.4 Å². The molecule has 0 saturated carbocycles. The van der Waals surface area contributed by atoms with Crippen LogP contribution in [0.25, 0.3) is 0 Å². The Morgan fingerprint density at radius 3 is 2.20 bits per heavy atom. The fourth-order valence-corrected chi connectivity index (χ4v) is 1.21. The van der Waals surface area contributed by atoms with Crippen molar-refractivity contribution in [2.45, 2.75) is 19.9 Å². The molecule has 1 aromatic carbocycles. The third kappa shape index (κ3) is 2.94. The maximum Gasteiger partial charge on any atom is 0.311 e. The molecule has 0 heterocycles. The van der Waals surface area contributed by atoms with Crippen molar-refractivity contribution in [3.05, 3.63) is 35.9 Å². The zero-order valence-electron chi connectivity index (χ0n) is 8.81. The van der Waals surface area contributed by atoms with E-state index in [4.69, 9.17) is 10.8 Å². The van der Waals surface area contributed by atoms with E-state index in [-0.39, 0.29) is 12.4 Å². The minimum atomic E-state index is -0.943. The van der Waals surface area contributed by atoms with E-state index in [9.17, 15) is 4.79 Å². The maximum absolute atomic E-state index is 11.0. The lowest BCUT2D eigenvalue weighted by molar-refractivity contribution is -0.148. The van der Waals surface area contributed by atoms with E-state index in [1.54, 1.807) is 13.8 Å². The smallest absolute Gasteiger partial charge is 0.311 e. The van der Waals surface area contributed by atoms with Crippen molar-refractivity contribution in [2.24, 2.45) is 11.1 Å². The summed E-state index contributed by atoms with van der Waals surface area (Å²) < 4.78 is 0. The average Bonchev–Trinajstić information content (AvgIpc) is 2.17. The number of aliphatic carboxylic acids is 1. The van der Waals surface area contributed by atoms with Crippen LogP contribution in [0.3, 0.4) is 0 Å². The topological polar surface area (TPSA) is 63.3 Å². The molecule has 3 N–H and O–H groups in total. The molecule has 0 spiro atoms. The summed E-state index contributed by atoms with van der Waals surface area (Å²) in [7, 11) is 0. The summed E-state index contributed by atoms with van der Waals surface area (Å²) in [5, 5.41) is 8.99. The van der Waals surface area contributed by atoms with Crippen molar-refractivity contribution >= 4 is 18.4 Å². The fraction of sp³-hybridized carbons (Fsp3) is 0.364. The molecule has 0 radical (unpaired) electrons. The SMILES string of the molecule is CC(C)(C(=O)O)C(N)c1ccccc1.Cl. The van der Waals surface area contributed by atoms with Gasteiger partial charge in [-0.1, -0.05) is 30.3 Å². The second kappa shape index (κ2) is 5.14. The van der Waals surface area contributed by atoms with Gasteiger partial charge in [-0.25, -0.2) is 0 Å². The number of carboxylic acids is 1. The van der Waals surface area contributed by atoms with E-state index in [1.807, 2.05) is 30.3 Å². The van der Waals surface area contributed by atoms with E-state index in [1.165, 1.54) is 0 Å². The summed E-state index contributed by atoms with van der Waals surface area (Å²) in [6, 6.07) is 8.79. The average molecular weight is 230 g/mol. The Morgan fingerprint density at radius 1 is 1.33 bits per heavy atom. The molecule has 15 heavy (non-hydrogen) atoms. The summed E-state index contributed by atoms with van der Waals surface area (Å²) in [5.41, 5.74) is 5.80. The zero-order valence-corrected chi connectivity index (χ0v) is 9.62. The Labute approximate surface area is 95.7 Å². The van der Waals surface area contributed by atoms with Crippen molar-refractivity contribution < 1.29 is 9.90 Å². The van der Waals surface area contributed by atoms with Gasteiger partial charge < -0.3 is 10.8 Å². The Balaban J connectivity index is 0.00000196. The molecule has 0 fully saturated rings. The van der Waals surface area contributed by atoms with Crippen molar-refractivity contribution in [3.8, 4) is 0 Å². The van der Waals surface area contributed by atoms with Gasteiger partial charge in [0.15, 0.2) is 0 Å². The third-order valence-electron chi connectivity index (χ3n) is 2.49. The minimum absolute atomic E-state index is 0. The van der Waals surface area contributed by atoms with Crippen molar-refractivity contribution in [1.29, 1.82) is 0 Å². The molecule has 3 nitrogen and oxygen atoms in total. The Morgan fingerprint density at radius 2 is 1.80 bits per heavy atom. The highest BCUT2D eigenvalue weighted by molar-refractivity contribution is 5.85. The first kappa shape index (κ1) is 13.9. The molecule has 0 amide bonds. The first-order valence-electron chi connectivity index (χ1n) is 4.50. The molecular weight excluding hydrogens is 214 g/mol. The number of carbonyl (C=O) groups is 1. The van der Waals surface area contributed by atoms with Crippen LogP contribution in [-0.4, -0.2) is 11.1 Å². The molecule has 0 saturated heterocycles. The van der Waals surface area contributed by atoms with Gasteiger partial charge in [0.05, 0.1) is 5.41 Å². The molecule has 1 rings (SSSR count). The Bertz CT molecular complexity index is 325. The quantitative estimate of drug-likeness (QED) is 0.836. The number of hydrogen-bond acceptors (Lipinski definition) is 2. The molecule has 1 aromatic rings. The molecule has 0 bridgehead atoms. The lowest BCUT2D eigenvalue weighted by atomic mass is 9.81. The van der Waals surface area contributed by atoms with E-state index in [2.05, 4.69) is 0 Å². The van der Waals surface area contributed by atoms with Crippen molar-refractivity contribution in [3.63, 3.8) is 0 Å². The highest BCUT2D eigenvalue weighted by atomic mass is 35.5. The van der Waals surface area contributed by atoms with Crippen LogP contribution in [0.15, 0.2) is 30.3 Å². The van der Waals surface area contributed by atoms with Gasteiger partial charge in [0, 0.05) is 6.04 Å². The molecule has 1 unspecified atom stereocenters. The Kier molecular flexibility index (Phi) is 4.78. The Hall–Kier alpha value is -1.06. The van der Waals surface area contributed by atoms with Crippen LogP contribution in [0, 0.1) is 5.41 Å². The van der Waals surface area contributed by atoms with Crippen LogP contribution in [-0.2, 0) is 4.79 Å². The van der Waals surface area contributed by atoms with Gasteiger partial charge in [-0.2, -0.15) is 0 Å². The largest absolute Gasteiger partial charge is 0.481 e. The van der Waals surface area contributed by atoms with Gasteiger partial charge in [0.2, 0.25) is 0 Å². The number of nitrogens with two attached hydrogens (primary N) is 1. The van der Waals surface area contributed by atoms with E-state index in [0.29, 0.717) is 0 Å². The van der Waals surface area contributed by atoms with Gasteiger partial charge in [-0.15, -0.1) is 12.4 Å². The predicted octanol–water partition coefficient (Wildman–Crippen LogP) is 2.22. The highest BCUT2D eigenvalue weighted by Gasteiger charge is 2.35. The number of halogens is 1. The first-order valence-corrected chi connectivity index (χ1v) is 4.50. The van der Waals surface area contributed by atoms with Gasteiger partial charge >= 0.3 is 5.97 Å². The fourth-order valence-electron chi connectivity index (χ4n) is 1.21. The number of hydrogen-bond donors (Lipinski definition) is 2. The number of benzene rings is 1. The molecule has 4 heteroatoms. The predicted molar refractivity (Wildman–Crippen MR) is 62.0 cm³/mol. The monoisotopic (exact) mass is 229 g/mol. The standard InChI is InChI=1S/C11H15NO2.ClH/c1-11(2,10(13)14)9(12)8-6-4-3-5-7-8;/h3-7,9H,12H2,1-2H3,(H,13,14);1H. The molecule has 0 aliphatic carbocycles. The van der Waals surface area contributed by atoms with Gasteiger partial charge in [0.25, 0.3) is 0 Å². The molecule has 1 atom stereocenters. The second-order valence-electron chi connectivity index (χ2n) is 3.92. The summed E-state index contributed by atoms with van der Waals surface area (Å²) in [5.74, 6) is -0.881.